The minimum absolute atomic E-state index is 0.316. The van der Waals surface area contributed by atoms with E-state index in [1.165, 1.54) is 0 Å². The normalized spacial score (nSPS) is 16.7. The van der Waals surface area contributed by atoms with Crippen molar-refractivity contribution in [3.63, 3.8) is 0 Å². The summed E-state index contributed by atoms with van der Waals surface area (Å²) in [6, 6.07) is 1.74. The van der Waals surface area contributed by atoms with Crippen LogP contribution in [0, 0.1) is 0 Å². The summed E-state index contributed by atoms with van der Waals surface area (Å²) in [6.07, 6.45) is 4.93. The number of aromatic nitrogens is 2. The first-order valence-corrected chi connectivity index (χ1v) is 7.65. The van der Waals surface area contributed by atoms with E-state index in [-0.39, 0.29) is 11.9 Å². The number of hydrogen-bond donors (Lipinski definition) is 2. The number of carbonyl (C=O) groups excluding carboxylic acids is 2. The predicted molar refractivity (Wildman–Crippen MR) is 77.9 cm³/mol. The van der Waals surface area contributed by atoms with E-state index in [9.17, 15) is 9.59 Å². The van der Waals surface area contributed by atoms with Crippen molar-refractivity contribution in [1.82, 2.24) is 15.5 Å². The monoisotopic (exact) mass is 293 g/mol. The van der Waals surface area contributed by atoms with Gasteiger partial charge >= 0.3 is 5.97 Å². The maximum Gasteiger partial charge on any atom is 0.331 e. The van der Waals surface area contributed by atoms with Gasteiger partial charge in [0.15, 0.2) is 0 Å². The Morgan fingerprint density at radius 2 is 2.10 bits per heavy atom. The van der Waals surface area contributed by atoms with Crippen molar-refractivity contribution in [2.75, 3.05) is 6.61 Å². The molecule has 2 N–H and O–H groups in total. The molecule has 1 amide bonds. The second-order valence-corrected chi connectivity index (χ2v) is 5.49. The molecule has 1 aliphatic rings. The largest absolute Gasteiger partial charge is 0.464 e. The van der Waals surface area contributed by atoms with Crippen LogP contribution in [-0.2, 0) is 16.0 Å². The average molecular weight is 293 g/mol. The highest BCUT2D eigenvalue weighted by molar-refractivity contribution is 5.97. The van der Waals surface area contributed by atoms with E-state index >= 15 is 0 Å². The lowest BCUT2D eigenvalue weighted by atomic mass is 9.97. The standard InChI is InChI=1S/C15H23N3O3/c1-3-7-11-10-12(18-17-11)13(19)16-15(8-5-6-9-15)14(20)21-4-2/h10H,3-9H2,1-2H3,(H,16,19)(H,17,18). The Kier molecular flexibility index (Phi) is 4.98. The van der Waals surface area contributed by atoms with Gasteiger partial charge in [0.25, 0.3) is 5.91 Å². The lowest BCUT2D eigenvalue weighted by molar-refractivity contribution is -0.150. The number of aryl methyl sites for hydroxylation is 1. The third-order valence-corrected chi connectivity index (χ3v) is 3.86. The Morgan fingerprint density at radius 3 is 2.71 bits per heavy atom. The first-order chi connectivity index (χ1) is 10.1. The van der Waals surface area contributed by atoms with Gasteiger partial charge < -0.3 is 10.1 Å². The van der Waals surface area contributed by atoms with Gasteiger partial charge in [-0.15, -0.1) is 0 Å². The molecule has 6 heteroatoms. The SMILES string of the molecule is CCCc1cc(C(=O)NC2(C(=O)OCC)CCCC2)n[nH]1. The van der Waals surface area contributed by atoms with Crippen LogP contribution in [0.25, 0.3) is 0 Å². The molecule has 1 aromatic heterocycles. The van der Waals surface area contributed by atoms with Crippen LogP contribution in [0.15, 0.2) is 6.07 Å². The summed E-state index contributed by atoms with van der Waals surface area (Å²) in [4.78, 5) is 24.5. The van der Waals surface area contributed by atoms with Gasteiger partial charge in [-0.05, 0) is 32.3 Å². The number of esters is 1. The van der Waals surface area contributed by atoms with Crippen LogP contribution in [-0.4, -0.2) is 34.2 Å². The van der Waals surface area contributed by atoms with Gasteiger partial charge in [-0.1, -0.05) is 26.2 Å². The third-order valence-electron chi connectivity index (χ3n) is 3.86. The molecule has 6 nitrogen and oxygen atoms in total. The second kappa shape index (κ2) is 6.74. The van der Waals surface area contributed by atoms with Gasteiger partial charge in [-0.2, -0.15) is 5.10 Å². The van der Waals surface area contributed by atoms with Crippen LogP contribution >= 0.6 is 0 Å². The van der Waals surface area contributed by atoms with Gasteiger partial charge in [0.05, 0.1) is 6.61 Å². The van der Waals surface area contributed by atoms with Gasteiger partial charge in [-0.3, -0.25) is 9.89 Å². The fourth-order valence-electron chi connectivity index (χ4n) is 2.78. The number of aromatic amines is 1. The molecular weight excluding hydrogens is 270 g/mol. The third kappa shape index (κ3) is 3.43. The fraction of sp³-hybridized carbons (Fsp3) is 0.667. The summed E-state index contributed by atoms with van der Waals surface area (Å²) in [7, 11) is 0. The average Bonchev–Trinajstić information content (AvgIpc) is 3.09. The van der Waals surface area contributed by atoms with Gasteiger partial charge in [0, 0.05) is 5.69 Å². The molecule has 0 aliphatic heterocycles. The molecule has 2 rings (SSSR count). The lowest BCUT2D eigenvalue weighted by Gasteiger charge is -2.27. The summed E-state index contributed by atoms with van der Waals surface area (Å²) in [5.41, 5.74) is 0.380. The van der Waals surface area contributed by atoms with E-state index in [1.54, 1.807) is 13.0 Å². The maximum absolute atomic E-state index is 12.3. The summed E-state index contributed by atoms with van der Waals surface area (Å²) < 4.78 is 5.13. The van der Waals surface area contributed by atoms with Crippen molar-refractivity contribution in [3.8, 4) is 0 Å². The van der Waals surface area contributed by atoms with E-state index in [0.717, 1.165) is 31.4 Å². The lowest BCUT2D eigenvalue weighted by Crippen LogP contribution is -2.53. The van der Waals surface area contributed by atoms with Crippen LogP contribution in [0.2, 0.25) is 0 Å². The minimum Gasteiger partial charge on any atom is -0.464 e. The smallest absolute Gasteiger partial charge is 0.331 e. The number of carbonyl (C=O) groups is 2. The first kappa shape index (κ1) is 15.5. The summed E-state index contributed by atoms with van der Waals surface area (Å²) in [6.45, 7) is 4.15. The van der Waals surface area contributed by atoms with Crippen LogP contribution < -0.4 is 5.32 Å². The van der Waals surface area contributed by atoms with Crippen molar-refractivity contribution < 1.29 is 14.3 Å². The van der Waals surface area contributed by atoms with Crippen LogP contribution in [0.1, 0.15) is 62.1 Å². The molecule has 0 saturated heterocycles. The maximum atomic E-state index is 12.3. The van der Waals surface area contributed by atoms with E-state index < -0.39 is 5.54 Å². The van der Waals surface area contributed by atoms with E-state index in [4.69, 9.17) is 4.74 Å². The molecule has 0 bridgehead atoms. The molecule has 1 saturated carbocycles. The Hall–Kier alpha value is -1.85. The number of ether oxygens (including phenoxy) is 1. The summed E-state index contributed by atoms with van der Waals surface area (Å²) >= 11 is 0. The fourth-order valence-corrected chi connectivity index (χ4v) is 2.78. The Bertz CT molecular complexity index is 504. The first-order valence-electron chi connectivity index (χ1n) is 7.65. The highest BCUT2D eigenvalue weighted by Crippen LogP contribution is 2.31. The number of nitrogens with one attached hydrogen (secondary N) is 2. The molecule has 0 atom stereocenters. The van der Waals surface area contributed by atoms with Crippen LogP contribution in [0.3, 0.4) is 0 Å². The molecule has 1 aromatic rings. The zero-order valence-electron chi connectivity index (χ0n) is 12.7. The number of amides is 1. The van der Waals surface area contributed by atoms with Crippen molar-refractivity contribution in [1.29, 1.82) is 0 Å². The van der Waals surface area contributed by atoms with Crippen LogP contribution in [0.4, 0.5) is 0 Å². The Labute approximate surface area is 124 Å². The molecule has 116 valence electrons. The van der Waals surface area contributed by atoms with E-state index in [2.05, 4.69) is 22.4 Å². The van der Waals surface area contributed by atoms with Crippen molar-refractivity contribution in [2.45, 2.75) is 57.9 Å². The molecule has 1 heterocycles. The van der Waals surface area contributed by atoms with Crippen molar-refractivity contribution in [3.05, 3.63) is 17.5 Å². The number of H-pyrrole nitrogens is 1. The van der Waals surface area contributed by atoms with Gasteiger partial charge in [0.1, 0.15) is 11.2 Å². The van der Waals surface area contributed by atoms with Crippen LogP contribution in [0.5, 0.6) is 0 Å². The number of nitrogens with zero attached hydrogens (tertiary/aromatic N) is 1. The van der Waals surface area contributed by atoms with Gasteiger partial charge in [-0.25, -0.2) is 4.79 Å². The zero-order valence-corrected chi connectivity index (χ0v) is 12.7. The predicted octanol–water partition coefficient (Wildman–Crippen LogP) is 1.97. The van der Waals surface area contributed by atoms with E-state index in [1.807, 2.05) is 0 Å². The molecule has 0 aromatic carbocycles. The Morgan fingerprint density at radius 1 is 1.38 bits per heavy atom. The quantitative estimate of drug-likeness (QED) is 0.785. The molecule has 21 heavy (non-hydrogen) atoms. The van der Waals surface area contributed by atoms with E-state index in [0.29, 0.717) is 25.1 Å². The molecule has 0 unspecified atom stereocenters. The second-order valence-electron chi connectivity index (χ2n) is 5.49. The highest BCUT2D eigenvalue weighted by Gasteiger charge is 2.44. The minimum atomic E-state index is -0.878. The van der Waals surface area contributed by atoms with Crippen molar-refractivity contribution in [2.24, 2.45) is 0 Å². The zero-order chi connectivity index (χ0) is 15.3. The highest BCUT2D eigenvalue weighted by atomic mass is 16.5. The number of rotatable bonds is 6. The van der Waals surface area contributed by atoms with Gasteiger partial charge in [0.2, 0.25) is 0 Å². The molecule has 1 aliphatic carbocycles. The molecule has 1 fully saturated rings. The molecule has 0 radical (unpaired) electrons. The molecular formula is C15H23N3O3. The Balaban J connectivity index is 2.09. The molecule has 0 spiro atoms. The topological polar surface area (TPSA) is 84.1 Å². The van der Waals surface area contributed by atoms with Crippen molar-refractivity contribution >= 4 is 11.9 Å². The summed E-state index contributed by atoms with van der Waals surface area (Å²) in [5, 5.41) is 9.73. The summed E-state index contributed by atoms with van der Waals surface area (Å²) in [5.74, 6) is -0.649. The number of hydrogen-bond acceptors (Lipinski definition) is 4.